The predicted octanol–water partition coefficient (Wildman–Crippen LogP) is 5.62. The van der Waals surface area contributed by atoms with Crippen molar-refractivity contribution < 1.29 is 13.6 Å². The molecule has 1 aromatic heterocycles. The van der Waals surface area contributed by atoms with Crippen LogP contribution >= 0.6 is 0 Å². The number of rotatable bonds is 5. The van der Waals surface area contributed by atoms with Gasteiger partial charge in [-0.2, -0.15) is 0 Å². The summed E-state index contributed by atoms with van der Waals surface area (Å²) in [5.41, 5.74) is 1.96. The van der Waals surface area contributed by atoms with Crippen LogP contribution in [0.15, 0.2) is 65.7 Å². The third-order valence-corrected chi connectivity index (χ3v) is 9.88. The first-order valence-corrected chi connectivity index (χ1v) is 15.2. The fourth-order valence-corrected chi connectivity index (χ4v) is 7.59. The van der Waals surface area contributed by atoms with Crippen molar-refractivity contribution in [3.8, 4) is 11.3 Å². The number of piperidine rings is 2. The molecule has 3 fully saturated rings. The van der Waals surface area contributed by atoms with E-state index in [2.05, 4.69) is 10.3 Å². The summed E-state index contributed by atoms with van der Waals surface area (Å²) in [7, 11) is 1.88. The summed E-state index contributed by atoms with van der Waals surface area (Å²) in [6, 6.07) is 14.6. The predicted molar refractivity (Wildman–Crippen MR) is 158 cm³/mol. The number of hydrogen-bond acceptors (Lipinski definition) is 4. The summed E-state index contributed by atoms with van der Waals surface area (Å²) in [4.78, 5) is 35.6. The molecule has 222 valence electrons. The fraction of sp³-hybridized carbons (Fsp3) is 0.485. The Hall–Kier alpha value is -3.59. The van der Waals surface area contributed by atoms with E-state index in [1.165, 1.54) is 12.1 Å². The van der Waals surface area contributed by atoms with Gasteiger partial charge >= 0.3 is 6.03 Å². The molecule has 0 radical (unpaired) electrons. The molecule has 2 aromatic carbocycles. The molecule has 9 heteroatoms. The van der Waals surface area contributed by atoms with Crippen molar-refractivity contribution in [1.82, 2.24) is 24.7 Å². The second kappa shape index (κ2) is 12.0. The van der Waals surface area contributed by atoms with E-state index >= 15 is 0 Å². The summed E-state index contributed by atoms with van der Waals surface area (Å²) >= 11 is 0. The van der Waals surface area contributed by atoms with Crippen LogP contribution in [0.1, 0.15) is 56.6 Å². The average Bonchev–Trinajstić information content (AvgIpc) is 3.47. The maximum atomic E-state index is 14.2. The normalized spacial score (nSPS) is 23.8. The number of benzene rings is 2. The lowest BCUT2D eigenvalue weighted by Crippen LogP contribution is -2.56. The van der Waals surface area contributed by atoms with Gasteiger partial charge in [0, 0.05) is 49.9 Å². The number of carbonyl (C=O) groups is 1. The Morgan fingerprint density at radius 2 is 1.76 bits per heavy atom. The van der Waals surface area contributed by atoms with Gasteiger partial charge in [0.25, 0.3) is 5.56 Å². The largest absolute Gasteiger partial charge is 0.324 e. The number of likely N-dealkylation sites (tertiary alicyclic amines) is 2. The van der Waals surface area contributed by atoms with Gasteiger partial charge in [-0.15, -0.1) is 0 Å². The minimum atomic E-state index is -0.628. The molecule has 2 saturated heterocycles. The number of nitrogens with one attached hydrogen (secondary N) is 1. The monoisotopic (exact) mass is 575 g/mol. The molecule has 1 spiro atoms. The van der Waals surface area contributed by atoms with E-state index < -0.39 is 17.7 Å². The molecular weight excluding hydrogens is 536 g/mol. The lowest BCUT2D eigenvalue weighted by molar-refractivity contribution is 0.0207. The van der Waals surface area contributed by atoms with Crippen LogP contribution in [0.25, 0.3) is 11.3 Å². The first-order chi connectivity index (χ1) is 20.3. The minimum absolute atomic E-state index is 0.0602. The zero-order valence-corrected chi connectivity index (χ0v) is 24.1. The Bertz CT molecular complexity index is 1450. The lowest BCUT2D eigenvalue weighted by atomic mass is 9.69. The van der Waals surface area contributed by atoms with Gasteiger partial charge in [0.2, 0.25) is 0 Å². The Labute approximate surface area is 245 Å². The van der Waals surface area contributed by atoms with Crippen LogP contribution in [0.2, 0.25) is 0 Å². The summed E-state index contributed by atoms with van der Waals surface area (Å²) in [5, 5.41) is 3.29. The second-order valence-electron chi connectivity index (χ2n) is 12.3. The third-order valence-electron chi connectivity index (χ3n) is 9.88. The van der Waals surface area contributed by atoms with Crippen LogP contribution in [-0.2, 0) is 6.54 Å². The molecule has 0 unspecified atom stereocenters. The summed E-state index contributed by atoms with van der Waals surface area (Å²) in [5.74, 6) is -0.998. The fourth-order valence-electron chi connectivity index (χ4n) is 7.59. The van der Waals surface area contributed by atoms with E-state index in [4.69, 9.17) is 0 Å². The number of hydrogen-bond donors (Lipinski definition) is 1. The number of halogens is 2. The van der Waals surface area contributed by atoms with Crippen LogP contribution < -0.4 is 10.9 Å². The molecule has 1 aliphatic carbocycles. The zero-order chi connectivity index (χ0) is 29.3. The van der Waals surface area contributed by atoms with Crippen molar-refractivity contribution >= 4 is 6.03 Å². The minimum Gasteiger partial charge on any atom is -0.324 e. The van der Waals surface area contributed by atoms with Gasteiger partial charge in [0.1, 0.15) is 11.6 Å². The molecule has 3 aromatic rings. The molecule has 0 bridgehead atoms. The highest BCUT2D eigenvalue weighted by Gasteiger charge is 2.47. The summed E-state index contributed by atoms with van der Waals surface area (Å²) in [6.07, 6.45) is 8.10. The SMILES string of the molecule is CN[C@@H]1CCN(C(=O)N2CC[C@@H](Cn3cnc(-c4ccccc4)cc3=O)C3(CCCC3)C2)[C@H](c2cc(F)cc(F)c2)C1. The van der Waals surface area contributed by atoms with Gasteiger partial charge in [-0.1, -0.05) is 43.2 Å². The zero-order valence-electron chi connectivity index (χ0n) is 24.1. The molecule has 3 heterocycles. The summed E-state index contributed by atoms with van der Waals surface area (Å²) in [6.45, 7) is 2.33. The van der Waals surface area contributed by atoms with E-state index in [1.807, 2.05) is 47.2 Å². The van der Waals surface area contributed by atoms with Crippen molar-refractivity contribution in [3.63, 3.8) is 0 Å². The molecule has 2 amide bonds. The Morgan fingerprint density at radius 3 is 2.45 bits per heavy atom. The molecule has 2 aliphatic heterocycles. The van der Waals surface area contributed by atoms with Crippen LogP contribution in [0.3, 0.4) is 0 Å². The molecule has 3 aliphatic rings. The number of aromatic nitrogens is 2. The van der Waals surface area contributed by atoms with E-state index in [9.17, 15) is 18.4 Å². The molecular formula is C33H39F2N5O2. The van der Waals surface area contributed by atoms with Crippen molar-refractivity contribution in [2.45, 2.75) is 63.6 Å². The molecule has 1 N–H and O–H groups in total. The second-order valence-corrected chi connectivity index (χ2v) is 12.3. The van der Waals surface area contributed by atoms with Gasteiger partial charge < -0.3 is 15.1 Å². The topological polar surface area (TPSA) is 70.5 Å². The molecule has 6 rings (SSSR count). The van der Waals surface area contributed by atoms with Gasteiger partial charge in [-0.25, -0.2) is 18.6 Å². The van der Waals surface area contributed by atoms with E-state index in [0.717, 1.165) is 50.2 Å². The van der Waals surface area contributed by atoms with Gasteiger partial charge in [0.05, 0.1) is 18.1 Å². The van der Waals surface area contributed by atoms with Gasteiger partial charge in [-0.05, 0) is 68.2 Å². The van der Waals surface area contributed by atoms with Crippen molar-refractivity contribution in [3.05, 3.63) is 88.5 Å². The average molecular weight is 576 g/mol. The molecule has 7 nitrogen and oxygen atoms in total. The van der Waals surface area contributed by atoms with Crippen molar-refractivity contribution in [1.29, 1.82) is 0 Å². The van der Waals surface area contributed by atoms with Gasteiger partial charge in [0.15, 0.2) is 0 Å². The first-order valence-electron chi connectivity index (χ1n) is 15.2. The third kappa shape index (κ3) is 5.71. The lowest BCUT2D eigenvalue weighted by Gasteiger charge is -2.49. The van der Waals surface area contributed by atoms with Crippen LogP contribution in [0.5, 0.6) is 0 Å². The van der Waals surface area contributed by atoms with E-state index in [0.29, 0.717) is 43.9 Å². The molecule has 42 heavy (non-hydrogen) atoms. The summed E-state index contributed by atoms with van der Waals surface area (Å²) < 4.78 is 30.1. The Morgan fingerprint density at radius 1 is 1.02 bits per heavy atom. The Kier molecular flexibility index (Phi) is 8.12. The van der Waals surface area contributed by atoms with E-state index in [1.54, 1.807) is 17.0 Å². The highest BCUT2D eigenvalue weighted by atomic mass is 19.1. The molecule has 3 atom stereocenters. The highest BCUT2D eigenvalue weighted by molar-refractivity contribution is 5.75. The Balaban J connectivity index is 1.21. The van der Waals surface area contributed by atoms with Crippen molar-refractivity contribution in [2.24, 2.45) is 11.3 Å². The van der Waals surface area contributed by atoms with E-state index in [-0.39, 0.29) is 29.0 Å². The standard InChI is InChI=1S/C33H39F2N5O2/c1-36-28-10-14-40(30(18-28)24-15-26(34)17-27(35)16-24)32(42)38-13-9-25(33(21-38)11-5-6-12-33)20-39-22-37-29(19-31(39)41)23-7-3-2-4-8-23/h2-4,7-8,15-17,19,22,25,28,30,36H,5-6,9-14,18,20-21H2,1H3/t25-,28+,30-/m0/s1. The van der Waals surface area contributed by atoms with Crippen molar-refractivity contribution in [2.75, 3.05) is 26.7 Å². The van der Waals surface area contributed by atoms with Crippen LogP contribution in [0, 0.1) is 23.0 Å². The number of nitrogens with zero attached hydrogens (tertiary/aromatic N) is 4. The quantitative estimate of drug-likeness (QED) is 0.429. The highest BCUT2D eigenvalue weighted by Crippen LogP contribution is 2.49. The number of carbonyl (C=O) groups excluding carboxylic acids is 1. The number of urea groups is 1. The van der Waals surface area contributed by atoms with Crippen LogP contribution in [0.4, 0.5) is 13.6 Å². The van der Waals surface area contributed by atoms with Gasteiger partial charge in [-0.3, -0.25) is 9.36 Å². The smallest absolute Gasteiger partial charge is 0.320 e. The number of amides is 2. The molecule has 1 saturated carbocycles. The maximum absolute atomic E-state index is 14.2. The van der Waals surface area contributed by atoms with Crippen LogP contribution in [-0.4, -0.2) is 58.1 Å². The first kappa shape index (κ1) is 28.5. The maximum Gasteiger partial charge on any atom is 0.320 e.